The number of nitrogens with zero attached hydrogens (tertiary/aromatic N) is 1. The van der Waals surface area contributed by atoms with Gasteiger partial charge in [0, 0.05) is 57.3 Å². The SMILES string of the molecule is c1ccc(-c2ccccc2-c2c(-c3ccccc3)cccc2N(c2ccc(-c3cccc4c3sc3ccccc34)cc2)c2ccc(-c3cccc4c3sc3ccccc34)cc2)cc1. The van der Waals surface area contributed by atoms with Crippen LogP contribution in [0, 0.1) is 0 Å². The first-order valence-corrected chi connectivity index (χ1v) is 23.0. The Labute approximate surface area is 375 Å². The van der Waals surface area contributed by atoms with Crippen LogP contribution in [0.2, 0.25) is 0 Å². The van der Waals surface area contributed by atoms with Crippen molar-refractivity contribution in [1.82, 2.24) is 0 Å². The summed E-state index contributed by atoms with van der Waals surface area (Å²) in [6, 6.07) is 86.6. The van der Waals surface area contributed by atoms with Gasteiger partial charge in [-0.25, -0.2) is 0 Å². The van der Waals surface area contributed by atoms with E-state index in [-0.39, 0.29) is 0 Å². The monoisotopic (exact) mass is 837 g/mol. The number of hydrogen-bond acceptors (Lipinski definition) is 3. The Morgan fingerprint density at radius 1 is 0.254 bits per heavy atom. The number of hydrogen-bond donors (Lipinski definition) is 0. The standard InChI is InChI=1S/C60H39NS2/c1-3-16-40(17-4-1)46-20-7-8-23-52(46)58-47(41-18-5-2-6-19-41)24-15-29-55(58)61(44-36-32-42(33-37-44)48-25-13-27-53-50-21-9-11-30-56(50)62-59(48)53)45-38-34-43(35-39-45)49-26-14-28-54-51-22-10-12-31-57(51)63-60(49)54/h1-39H. The molecule has 0 aliphatic heterocycles. The van der Waals surface area contributed by atoms with Gasteiger partial charge in [0.05, 0.1) is 5.69 Å². The summed E-state index contributed by atoms with van der Waals surface area (Å²) < 4.78 is 5.28. The summed E-state index contributed by atoms with van der Waals surface area (Å²) in [5.74, 6) is 0. The Morgan fingerprint density at radius 3 is 1.17 bits per heavy atom. The van der Waals surface area contributed by atoms with Crippen LogP contribution < -0.4 is 4.90 Å². The average molecular weight is 838 g/mol. The van der Waals surface area contributed by atoms with E-state index in [4.69, 9.17) is 0 Å². The maximum absolute atomic E-state index is 2.46. The summed E-state index contributed by atoms with van der Waals surface area (Å²) in [5.41, 5.74) is 15.3. The van der Waals surface area contributed by atoms with Gasteiger partial charge in [0.15, 0.2) is 0 Å². The lowest BCUT2D eigenvalue weighted by atomic mass is 9.87. The molecule has 0 atom stereocenters. The Hall–Kier alpha value is -7.56. The molecule has 12 rings (SSSR count). The number of fused-ring (bicyclic) bond motifs is 6. The molecule has 12 aromatic rings. The second kappa shape index (κ2) is 15.7. The van der Waals surface area contributed by atoms with Gasteiger partial charge >= 0.3 is 0 Å². The maximum Gasteiger partial charge on any atom is 0.0546 e. The molecule has 1 nitrogen and oxygen atoms in total. The van der Waals surface area contributed by atoms with E-state index in [9.17, 15) is 0 Å². The van der Waals surface area contributed by atoms with Crippen molar-refractivity contribution in [2.75, 3.05) is 4.90 Å². The lowest BCUT2D eigenvalue weighted by Crippen LogP contribution is -2.12. The third kappa shape index (κ3) is 6.53. The second-order valence-electron chi connectivity index (χ2n) is 16.0. The zero-order valence-electron chi connectivity index (χ0n) is 34.3. The van der Waals surface area contributed by atoms with E-state index >= 15 is 0 Å². The van der Waals surface area contributed by atoms with E-state index in [1.807, 2.05) is 22.7 Å². The van der Waals surface area contributed by atoms with E-state index in [0.29, 0.717) is 0 Å². The van der Waals surface area contributed by atoms with Gasteiger partial charge < -0.3 is 4.90 Å². The van der Waals surface area contributed by atoms with Crippen LogP contribution in [0.4, 0.5) is 17.1 Å². The molecular formula is C60H39NS2. The zero-order valence-corrected chi connectivity index (χ0v) is 35.9. The molecule has 0 bridgehead atoms. The van der Waals surface area contributed by atoms with Crippen LogP contribution in [0.3, 0.4) is 0 Å². The molecule has 0 unspecified atom stereocenters. The molecule has 0 fully saturated rings. The summed E-state index contributed by atoms with van der Waals surface area (Å²) in [6.07, 6.45) is 0. The molecule has 0 radical (unpaired) electrons. The van der Waals surface area contributed by atoms with Crippen LogP contribution in [0.1, 0.15) is 0 Å². The van der Waals surface area contributed by atoms with Crippen LogP contribution in [0.15, 0.2) is 237 Å². The van der Waals surface area contributed by atoms with Crippen LogP contribution >= 0.6 is 22.7 Å². The average Bonchev–Trinajstić information content (AvgIpc) is 3.94. The van der Waals surface area contributed by atoms with Gasteiger partial charge in [0.1, 0.15) is 0 Å². The lowest BCUT2D eigenvalue weighted by Gasteiger charge is -2.30. The Balaban J connectivity index is 1.06. The third-order valence-corrected chi connectivity index (χ3v) is 14.8. The van der Waals surface area contributed by atoms with Gasteiger partial charge in [-0.3, -0.25) is 0 Å². The van der Waals surface area contributed by atoms with E-state index < -0.39 is 0 Å². The maximum atomic E-state index is 2.46. The van der Waals surface area contributed by atoms with E-state index in [2.05, 4.69) is 241 Å². The predicted octanol–water partition coefficient (Wildman–Crippen LogP) is 18.2. The minimum absolute atomic E-state index is 1.09. The van der Waals surface area contributed by atoms with Gasteiger partial charge in [0.2, 0.25) is 0 Å². The number of benzene rings is 10. The van der Waals surface area contributed by atoms with E-state index in [1.54, 1.807) is 0 Å². The van der Waals surface area contributed by atoms with Crippen molar-refractivity contribution in [3.8, 4) is 55.6 Å². The number of thiophene rings is 2. The van der Waals surface area contributed by atoms with E-state index in [0.717, 1.165) is 17.1 Å². The highest BCUT2D eigenvalue weighted by atomic mass is 32.1. The van der Waals surface area contributed by atoms with Crippen molar-refractivity contribution in [3.05, 3.63) is 237 Å². The van der Waals surface area contributed by atoms with Crippen LogP contribution in [-0.4, -0.2) is 0 Å². The van der Waals surface area contributed by atoms with Crippen molar-refractivity contribution in [2.24, 2.45) is 0 Å². The quantitative estimate of drug-likeness (QED) is 0.147. The fourth-order valence-corrected chi connectivity index (χ4v) is 11.9. The molecule has 0 N–H and O–H groups in total. The summed E-state index contributed by atoms with van der Waals surface area (Å²) in [6.45, 7) is 0. The zero-order chi connectivity index (χ0) is 41.7. The van der Waals surface area contributed by atoms with Gasteiger partial charge in [-0.1, -0.05) is 194 Å². The fourth-order valence-electron chi connectivity index (χ4n) is 9.39. The smallest absolute Gasteiger partial charge is 0.0546 e. The highest BCUT2D eigenvalue weighted by molar-refractivity contribution is 7.26. The van der Waals surface area contributed by atoms with Crippen LogP contribution in [-0.2, 0) is 0 Å². The van der Waals surface area contributed by atoms with Crippen molar-refractivity contribution >= 4 is 80.1 Å². The second-order valence-corrected chi connectivity index (χ2v) is 18.1. The molecule has 3 heteroatoms. The summed E-state index contributed by atoms with van der Waals surface area (Å²) in [5, 5.41) is 5.25. The van der Waals surface area contributed by atoms with E-state index in [1.165, 1.54) is 96.0 Å². The van der Waals surface area contributed by atoms with Gasteiger partial charge in [-0.2, -0.15) is 0 Å². The number of anilines is 3. The van der Waals surface area contributed by atoms with Crippen molar-refractivity contribution in [2.45, 2.75) is 0 Å². The summed E-state index contributed by atoms with van der Waals surface area (Å²) in [7, 11) is 0. The molecule has 0 aliphatic rings. The first kappa shape index (κ1) is 37.2. The Bertz CT molecular complexity index is 3440. The minimum Gasteiger partial charge on any atom is -0.310 e. The first-order chi connectivity index (χ1) is 31.3. The topological polar surface area (TPSA) is 3.24 Å². The molecule has 10 aromatic carbocycles. The van der Waals surface area contributed by atoms with Crippen molar-refractivity contribution in [1.29, 1.82) is 0 Å². The fraction of sp³-hybridized carbons (Fsp3) is 0. The van der Waals surface area contributed by atoms with Crippen LogP contribution in [0.5, 0.6) is 0 Å². The van der Waals surface area contributed by atoms with Gasteiger partial charge in [-0.05, 0) is 92.5 Å². The van der Waals surface area contributed by atoms with Gasteiger partial charge in [0.25, 0.3) is 0 Å². The highest BCUT2D eigenvalue weighted by Crippen LogP contribution is 2.49. The molecule has 0 spiro atoms. The molecule has 2 heterocycles. The molecule has 0 aliphatic carbocycles. The van der Waals surface area contributed by atoms with Crippen molar-refractivity contribution in [3.63, 3.8) is 0 Å². The predicted molar refractivity (Wildman–Crippen MR) is 274 cm³/mol. The summed E-state index contributed by atoms with van der Waals surface area (Å²) in [4.78, 5) is 2.46. The highest BCUT2D eigenvalue weighted by Gasteiger charge is 2.23. The molecule has 2 aromatic heterocycles. The normalized spacial score (nSPS) is 11.5. The Kier molecular flexibility index (Phi) is 9.29. The lowest BCUT2D eigenvalue weighted by molar-refractivity contribution is 1.28. The van der Waals surface area contributed by atoms with Crippen molar-refractivity contribution < 1.29 is 0 Å². The summed E-state index contributed by atoms with van der Waals surface area (Å²) >= 11 is 3.75. The molecular weight excluding hydrogens is 799 g/mol. The largest absolute Gasteiger partial charge is 0.310 e. The molecule has 0 saturated carbocycles. The first-order valence-electron chi connectivity index (χ1n) is 21.4. The molecule has 296 valence electrons. The third-order valence-electron chi connectivity index (χ3n) is 12.3. The molecule has 63 heavy (non-hydrogen) atoms. The van der Waals surface area contributed by atoms with Crippen LogP contribution in [0.25, 0.3) is 96.0 Å². The minimum atomic E-state index is 1.09. The number of rotatable bonds is 8. The Morgan fingerprint density at radius 2 is 0.635 bits per heavy atom. The van der Waals surface area contributed by atoms with Gasteiger partial charge in [-0.15, -0.1) is 22.7 Å². The molecule has 0 saturated heterocycles. The molecule has 0 amide bonds.